The van der Waals surface area contributed by atoms with Gasteiger partial charge in [0.1, 0.15) is 0 Å². The van der Waals surface area contributed by atoms with Crippen molar-refractivity contribution in [3.63, 3.8) is 0 Å². The Balaban J connectivity index is 1.72. The van der Waals surface area contributed by atoms with Crippen LogP contribution in [0.4, 0.5) is 5.69 Å². The predicted molar refractivity (Wildman–Crippen MR) is 110 cm³/mol. The molecule has 1 heterocycles. The molecule has 0 aliphatic carbocycles. The largest absolute Gasteiger partial charge is 0.493 e. The summed E-state index contributed by atoms with van der Waals surface area (Å²) in [4.78, 5) is 14.0. The van der Waals surface area contributed by atoms with Crippen LogP contribution in [0, 0.1) is 0 Å². The molecule has 0 N–H and O–H groups in total. The summed E-state index contributed by atoms with van der Waals surface area (Å²) >= 11 is 1.18. The number of hydrogen-bond acceptors (Lipinski definition) is 8. The molecule has 0 fully saturated rings. The van der Waals surface area contributed by atoms with Gasteiger partial charge in [0, 0.05) is 18.3 Å². The number of amides is 1. The second-order valence-electron chi connectivity index (χ2n) is 5.86. The number of carbonyl (C=O) groups is 1. The van der Waals surface area contributed by atoms with Gasteiger partial charge in [0.15, 0.2) is 11.5 Å². The first-order valence-corrected chi connectivity index (χ1v) is 9.64. The molecule has 0 atom stereocenters. The molecule has 1 aromatic heterocycles. The Morgan fingerprint density at radius 1 is 1.03 bits per heavy atom. The Hall–Kier alpha value is -3.20. The summed E-state index contributed by atoms with van der Waals surface area (Å²) in [6.07, 6.45) is 0. The van der Waals surface area contributed by atoms with Crippen LogP contribution in [0.1, 0.15) is 0 Å². The summed E-state index contributed by atoms with van der Waals surface area (Å²) in [5.41, 5.74) is 1.44. The maximum atomic E-state index is 12.4. The number of para-hydroxylation sites is 1. The van der Waals surface area contributed by atoms with E-state index in [0.29, 0.717) is 28.0 Å². The van der Waals surface area contributed by atoms with E-state index < -0.39 is 0 Å². The molecule has 29 heavy (non-hydrogen) atoms. The van der Waals surface area contributed by atoms with Gasteiger partial charge in [-0.05, 0) is 24.3 Å². The smallest absolute Gasteiger partial charge is 0.277 e. The maximum absolute atomic E-state index is 12.4. The highest BCUT2D eigenvalue weighted by Gasteiger charge is 2.19. The fourth-order valence-corrected chi connectivity index (χ4v) is 3.28. The third kappa shape index (κ3) is 4.62. The van der Waals surface area contributed by atoms with E-state index in [2.05, 4.69) is 10.2 Å². The first kappa shape index (κ1) is 20.5. The fourth-order valence-electron chi connectivity index (χ4n) is 2.61. The molecule has 0 bridgehead atoms. The zero-order chi connectivity index (χ0) is 20.8. The quantitative estimate of drug-likeness (QED) is 0.517. The van der Waals surface area contributed by atoms with E-state index in [1.807, 2.05) is 30.3 Å². The Labute approximate surface area is 172 Å². The minimum absolute atomic E-state index is 0.0752. The van der Waals surface area contributed by atoms with E-state index in [0.717, 1.165) is 5.69 Å². The third-order valence-corrected chi connectivity index (χ3v) is 4.96. The van der Waals surface area contributed by atoms with Gasteiger partial charge in [0.25, 0.3) is 5.22 Å². The van der Waals surface area contributed by atoms with Gasteiger partial charge in [0.2, 0.25) is 17.5 Å². The normalized spacial score (nSPS) is 10.5. The van der Waals surface area contributed by atoms with Crippen LogP contribution < -0.4 is 19.1 Å². The molecular formula is C20H21N3O5S. The van der Waals surface area contributed by atoms with Crippen LogP contribution in [0.15, 0.2) is 52.1 Å². The van der Waals surface area contributed by atoms with E-state index in [1.54, 1.807) is 24.1 Å². The molecule has 1 amide bonds. The maximum Gasteiger partial charge on any atom is 0.277 e. The van der Waals surface area contributed by atoms with Crippen LogP contribution >= 0.6 is 11.8 Å². The summed E-state index contributed by atoms with van der Waals surface area (Å²) in [5, 5.41) is 8.37. The highest BCUT2D eigenvalue weighted by Crippen LogP contribution is 2.41. The van der Waals surface area contributed by atoms with Crippen LogP contribution in [-0.2, 0) is 4.79 Å². The molecule has 0 radical (unpaired) electrons. The predicted octanol–water partition coefficient (Wildman–Crippen LogP) is 3.52. The van der Waals surface area contributed by atoms with Gasteiger partial charge in [-0.1, -0.05) is 30.0 Å². The van der Waals surface area contributed by atoms with Crippen molar-refractivity contribution in [2.45, 2.75) is 5.22 Å². The van der Waals surface area contributed by atoms with Crippen molar-refractivity contribution in [3.8, 4) is 28.7 Å². The lowest BCUT2D eigenvalue weighted by atomic mass is 10.2. The van der Waals surface area contributed by atoms with Gasteiger partial charge in [-0.25, -0.2) is 0 Å². The van der Waals surface area contributed by atoms with Crippen LogP contribution in [0.2, 0.25) is 0 Å². The van der Waals surface area contributed by atoms with Gasteiger partial charge < -0.3 is 23.5 Å². The summed E-state index contributed by atoms with van der Waals surface area (Å²) < 4.78 is 21.7. The molecule has 0 spiro atoms. The number of methoxy groups -OCH3 is 3. The molecule has 3 rings (SSSR count). The Morgan fingerprint density at radius 2 is 1.69 bits per heavy atom. The second-order valence-corrected chi connectivity index (χ2v) is 6.79. The van der Waals surface area contributed by atoms with E-state index in [4.69, 9.17) is 18.6 Å². The lowest BCUT2D eigenvalue weighted by Gasteiger charge is -2.16. The lowest BCUT2D eigenvalue weighted by Crippen LogP contribution is -2.27. The van der Waals surface area contributed by atoms with Gasteiger partial charge in [0.05, 0.1) is 27.1 Å². The van der Waals surface area contributed by atoms with Gasteiger partial charge in [-0.15, -0.1) is 10.2 Å². The molecule has 8 nitrogen and oxygen atoms in total. The zero-order valence-electron chi connectivity index (χ0n) is 16.5. The molecule has 0 unspecified atom stereocenters. The van der Waals surface area contributed by atoms with E-state index in [-0.39, 0.29) is 17.6 Å². The van der Waals surface area contributed by atoms with E-state index in [1.165, 1.54) is 33.1 Å². The summed E-state index contributed by atoms with van der Waals surface area (Å²) in [5.74, 6) is 1.82. The van der Waals surface area contributed by atoms with Gasteiger partial charge in [-0.2, -0.15) is 0 Å². The second kappa shape index (κ2) is 9.33. The number of benzene rings is 2. The lowest BCUT2D eigenvalue weighted by molar-refractivity contribution is -0.115. The van der Waals surface area contributed by atoms with Crippen LogP contribution in [0.5, 0.6) is 17.2 Å². The van der Waals surface area contributed by atoms with Crippen molar-refractivity contribution in [1.82, 2.24) is 10.2 Å². The summed E-state index contributed by atoms with van der Waals surface area (Å²) in [6, 6.07) is 12.9. The molecule has 2 aromatic carbocycles. The van der Waals surface area contributed by atoms with Crippen molar-refractivity contribution in [1.29, 1.82) is 0 Å². The zero-order valence-corrected chi connectivity index (χ0v) is 17.4. The number of thioether (sulfide) groups is 1. The Morgan fingerprint density at radius 3 is 2.28 bits per heavy atom. The number of ether oxygens (including phenoxy) is 3. The minimum Gasteiger partial charge on any atom is -0.493 e. The molecular weight excluding hydrogens is 394 g/mol. The van der Waals surface area contributed by atoms with Crippen molar-refractivity contribution >= 4 is 23.4 Å². The molecule has 0 aliphatic rings. The molecule has 3 aromatic rings. The number of hydrogen-bond donors (Lipinski definition) is 0. The highest BCUT2D eigenvalue weighted by atomic mass is 32.2. The van der Waals surface area contributed by atoms with Crippen LogP contribution in [0.3, 0.4) is 0 Å². The van der Waals surface area contributed by atoms with Gasteiger partial charge >= 0.3 is 0 Å². The summed E-state index contributed by atoms with van der Waals surface area (Å²) in [6.45, 7) is 0. The average Bonchev–Trinajstić information content (AvgIpc) is 3.25. The highest BCUT2D eigenvalue weighted by molar-refractivity contribution is 7.99. The van der Waals surface area contributed by atoms with Crippen molar-refractivity contribution < 1.29 is 23.4 Å². The third-order valence-electron chi connectivity index (χ3n) is 4.15. The minimum atomic E-state index is -0.0752. The Kier molecular flexibility index (Phi) is 6.61. The van der Waals surface area contributed by atoms with Crippen LogP contribution in [0.25, 0.3) is 11.5 Å². The van der Waals surface area contributed by atoms with E-state index in [9.17, 15) is 4.79 Å². The van der Waals surface area contributed by atoms with Gasteiger partial charge in [-0.3, -0.25) is 4.79 Å². The molecule has 9 heteroatoms. The number of nitrogens with zero attached hydrogens (tertiary/aromatic N) is 3. The molecule has 0 saturated heterocycles. The Bertz CT molecular complexity index is 952. The molecule has 0 aliphatic heterocycles. The number of aromatic nitrogens is 2. The number of carbonyl (C=O) groups excluding carboxylic acids is 1. The first-order valence-electron chi connectivity index (χ1n) is 8.65. The fraction of sp³-hybridized carbons (Fsp3) is 0.250. The van der Waals surface area contributed by atoms with E-state index >= 15 is 0 Å². The molecule has 152 valence electrons. The van der Waals surface area contributed by atoms with Crippen molar-refractivity contribution in [3.05, 3.63) is 42.5 Å². The monoisotopic (exact) mass is 415 g/mol. The SMILES string of the molecule is COc1cc(-c2nnc(SCC(=O)N(C)c3ccccc3)o2)cc(OC)c1OC. The first-order chi connectivity index (χ1) is 14.1. The van der Waals surface area contributed by atoms with Crippen LogP contribution in [-0.4, -0.2) is 50.2 Å². The van der Waals surface area contributed by atoms with Crippen molar-refractivity contribution in [2.24, 2.45) is 0 Å². The number of rotatable bonds is 8. The summed E-state index contributed by atoms with van der Waals surface area (Å²) in [7, 11) is 6.33. The standard InChI is InChI=1S/C20H21N3O5S/c1-23(14-8-6-5-7-9-14)17(24)12-29-20-22-21-19(28-20)13-10-15(25-2)18(27-4)16(11-13)26-3/h5-11H,12H2,1-4H3. The topological polar surface area (TPSA) is 86.9 Å². The molecule has 0 saturated carbocycles. The van der Waals surface area contributed by atoms with Crippen molar-refractivity contribution in [2.75, 3.05) is 39.0 Å². The number of anilines is 1. The average molecular weight is 415 g/mol.